The van der Waals surface area contributed by atoms with Crippen molar-refractivity contribution in [1.29, 1.82) is 0 Å². The second-order valence-electron chi connectivity index (χ2n) is 6.23. The first kappa shape index (κ1) is 18.5. The lowest BCUT2D eigenvalue weighted by atomic mass is 9.99. The van der Waals surface area contributed by atoms with E-state index in [1.807, 2.05) is 18.2 Å². The molecule has 0 saturated heterocycles. The first-order chi connectivity index (χ1) is 12.4. The van der Waals surface area contributed by atoms with Crippen LogP contribution in [-0.2, 0) is 11.2 Å². The lowest BCUT2D eigenvalue weighted by Gasteiger charge is -2.32. The molecule has 0 spiro atoms. The van der Waals surface area contributed by atoms with Crippen molar-refractivity contribution in [2.45, 2.75) is 25.8 Å². The van der Waals surface area contributed by atoms with Crippen LogP contribution in [-0.4, -0.2) is 24.4 Å². The summed E-state index contributed by atoms with van der Waals surface area (Å²) in [4.78, 5) is 27.1. The number of nitrogens with two attached hydrogens (primary N) is 1. The summed E-state index contributed by atoms with van der Waals surface area (Å²) in [6, 6.07) is 9.63. The minimum Gasteiger partial charge on any atom is -0.398 e. The summed E-state index contributed by atoms with van der Waals surface area (Å²) in [5, 5.41) is 3.16. The number of nitrogen functional groups attached to an aromatic ring is 1. The average molecular weight is 392 g/mol. The largest absolute Gasteiger partial charge is 0.398 e. The number of hydrogen-bond donors (Lipinski definition) is 2. The van der Waals surface area contributed by atoms with Gasteiger partial charge in [0.15, 0.2) is 0 Å². The monoisotopic (exact) mass is 391 g/mol. The van der Waals surface area contributed by atoms with Gasteiger partial charge in [0.2, 0.25) is 5.91 Å². The van der Waals surface area contributed by atoms with Crippen LogP contribution in [0.15, 0.2) is 36.4 Å². The van der Waals surface area contributed by atoms with Gasteiger partial charge >= 0.3 is 0 Å². The zero-order chi connectivity index (χ0) is 18.8. The van der Waals surface area contributed by atoms with Gasteiger partial charge in [-0.3, -0.25) is 9.59 Å². The van der Waals surface area contributed by atoms with Crippen molar-refractivity contribution in [2.75, 3.05) is 17.2 Å². The molecule has 2 amide bonds. The zero-order valence-corrected chi connectivity index (χ0v) is 15.8. The van der Waals surface area contributed by atoms with Crippen LogP contribution >= 0.6 is 23.2 Å². The number of nitrogens with one attached hydrogen (secondary N) is 1. The molecule has 0 aromatic heterocycles. The molecule has 1 unspecified atom stereocenters. The molecule has 0 bridgehead atoms. The highest BCUT2D eigenvalue weighted by Crippen LogP contribution is 2.31. The van der Waals surface area contributed by atoms with Gasteiger partial charge in [0.25, 0.3) is 5.91 Å². The molecule has 3 N–H and O–H groups in total. The maximum Gasteiger partial charge on any atom is 0.253 e. The van der Waals surface area contributed by atoms with E-state index < -0.39 is 11.9 Å². The summed E-state index contributed by atoms with van der Waals surface area (Å²) < 4.78 is 0. The topological polar surface area (TPSA) is 75.4 Å². The maximum absolute atomic E-state index is 12.9. The summed E-state index contributed by atoms with van der Waals surface area (Å²) in [5.41, 5.74) is 8.74. The number of carbonyl (C=O) groups is 2. The predicted molar refractivity (Wildman–Crippen MR) is 105 cm³/mol. The van der Waals surface area contributed by atoms with Gasteiger partial charge in [-0.25, -0.2) is 0 Å². The smallest absolute Gasteiger partial charge is 0.253 e. The fraction of sp³-hybridized carbons (Fsp3) is 0.263. The van der Waals surface area contributed by atoms with E-state index in [2.05, 4.69) is 5.32 Å². The summed E-state index contributed by atoms with van der Waals surface area (Å²) >= 11 is 12.0. The number of carbonyl (C=O) groups excluding carboxylic acids is 2. The molecular weight excluding hydrogens is 373 g/mol. The number of fused-ring (bicyclic) bond motifs is 1. The third-order valence-corrected chi connectivity index (χ3v) is 5.29. The number of hydrogen-bond acceptors (Lipinski definition) is 3. The molecule has 136 valence electrons. The lowest BCUT2D eigenvalue weighted by molar-refractivity contribution is -0.120. The Kier molecular flexibility index (Phi) is 5.39. The number of anilines is 2. The first-order valence-corrected chi connectivity index (χ1v) is 9.09. The van der Waals surface area contributed by atoms with Gasteiger partial charge in [-0.15, -0.1) is 0 Å². The molecule has 0 aliphatic carbocycles. The van der Waals surface area contributed by atoms with Crippen LogP contribution in [0, 0.1) is 0 Å². The molecule has 26 heavy (non-hydrogen) atoms. The van der Waals surface area contributed by atoms with E-state index in [1.54, 1.807) is 30.0 Å². The molecular formula is C19H19Cl2N3O2. The van der Waals surface area contributed by atoms with Crippen LogP contribution in [0.2, 0.25) is 10.0 Å². The SMILES string of the molecule is CC(NC(=O)c1cccc(Cl)c1Cl)C(=O)N1CCCc2c(N)cccc21. The summed E-state index contributed by atoms with van der Waals surface area (Å²) in [7, 11) is 0. The highest BCUT2D eigenvalue weighted by molar-refractivity contribution is 6.43. The molecule has 0 saturated carbocycles. The van der Waals surface area contributed by atoms with Gasteiger partial charge in [0, 0.05) is 17.9 Å². The Morgan fingerprint density at radius 3 is 2.69 bits per heavy atom. The van der Waals surface area contributed by atoms with Gasteiger partial charge in [-0.05, 0) is 49.6 Å². The average Bonchev–Trinajstić information content (AvgIpc) is 2.63. The van der Waals surface area contributed by atoms with Crippen molar-refractivity contribution in [3.8, 4) is 0 Å². The van der Waals surface area contributed by atoms with Gasteiger partial charge in [-0.2, -0.15) is 0 Å². The van der Waals surface area contributed by atoms with Gasteiger partial charge in [-0.1, -0.05) is 35.3 Å². The van der Waals surface area contributed by atoms with Gasteiger partial charge in [0.05, 0.1) is 15.6 Å². The predicted octanol–water partition coefficient (Wildman–Crippen LogP) is 3.67. The van der Waals surface area contributed by atoms with Gasteiger partial charge < -0.3 is 16.0 Å². The number of halogens is 2. The number of amides is 2. The molecule has 1 heterocycles. The van der Waals surface area contributed by atoms with Crippen molar-refractivity contribution in [3.05, 3.63) is 57.6 Å². The Bertz CT molecular complexity index is 870. The molecule has 2 aromatic rings. The van der Waals surface area contributed by atoms with E-state index in [4.69, 9.17) is 28.9 Å². The summed E-state index contributed by atoms with van der Waals surface area (Å²) in [5.74, 6) is -0.633. The van der Waals surface area contributed by atoms with Crippen LogP contribution < -0.4 is 16.0 Å². The standard InChI is InChI=1S/C19H19Cl2N3O2/c1-11(23-18(25)13-5-2-7-14(20)17(13)21)19(26)24-10-4-6-12-15(22)8-3-9-16(12)24/h2-3,5,7-9,11H,4,6,10,22H2,1H3,(H,23,25). The molecule has 0 radical (unpaired) electrons. The van der Waals surface area contributed by atoms with Crippen LogP contribution in [0.25, 0.3) is 0 Å². The Labute approximate surface area is 162 Å². The van der Waals surface area contributed by atoms with Crippen molar-refractivity contribution in [2.24, 2.45) is 0 Å². The van der Waals surface area contributed by atoms with E-state index in [0.29, 0.717) is 17.3 Å². The minimum atomic E-state index is -0.718. The number of rotatable bonds is 3. The van der Waals surface area contributed by atoms with Crippen LogP contribution in [0.4, 0.5) is 11.4 Å². The minimum absolute atomic E-state index is 0.169. The van der Waals surface area contributed by atoms with Crippen molar-refractivity contribution in [1.82, 2.24) is 5.32 Å². The Balaban J connectivity index is 1.78. The second-order valence-corrected chi connectivity index (χ2v) is 7.02. The highest BCUT2D eigenvalue weighted by Gasteiger charge is 2.28. The zero-order valence-electron chi connectivity index (χ0n) is 14.3. The number of benzene rings is 2. The lowest BCUT2D eigenvalue weighted by Crippen LogP contribution is -2.48. The molecule has 1 aliphatic rings. The molecule has 0 fully saturated rings. The van der Waals surface area contributed by atoms with Crippen LogP contribution in [0.5, 0.6) is 0 Å². The second kappa shape index (κ2) is 7.56. The third-order valence-electron chi connectivity index (χ3n) is 4.47. The van der Waals surface area contributed by atoms with Gasteiger partial charge in [0.1, 0.15) is 6.04 Å². The van der Waals surface area contributed by atoms with E-state index >= 15 is 0 Å². The molecule has 1 atom stereocenters. The number of nitrogens with zero attached hydrogens (tertiary/aromatic N) is 1. The van der Waals surface area contributed by atoms with Crippen molar-refractivity contribution >= 4 is 46.4 Å². The molecule has 7 heteroatoms. The fourth-order valence-corrected chi connectivity index (χ4v) is 3.52. The van der Waals surface area contributed by atoms with Crippen LogP contribution in [0.1, 0.15) is 29.3 Å². The quantitative estimate of drug-likeness (QED) is 0.783. The normalized spacial score (nSPS) is 14.5. The molecule has 3 rings (SSSR count). The summed E-state index contributed by atoms with van der Waals surface area (Å²) in [6.07, 6.45) is 1.67. The van der Waals surface area contributed by atoms with E-state index in [-0.39, 0.29) is 16.5 Å². The Morgan fingerprint density at radius 1 is 1.19 bits per heavy atom. The highest BCUT2D eigenvalue weighted by atomic mass is 35.5. The van der Waals surface area contributed by atoms with Crippen molar-refractivity contribution < 1.29 is 9.59 Å². The van der Waals surface area contributed by atoms with E-state index in [0.717, 1.165) is 24.1 Å². The fourth-order valence-electron chi connectivity index (χ4n) is 3.13. The third kappa shape index (κ3) is 3.50. The summed E-state index contributed by atoms with van der Waals surface area (Å²) in [6.45, 7) is 2.24. The maximum atomic E-state index is 12.9. The molecule has 1 aliphatic heterocycles. The Hall–Kier alpha value is -2.24. The van der Waals surface area contributed by atoms with E-state index in [1.165, 1.54) is 0 Å². The molecule has 2 aromatic carbocycles. The van der Waals surface area contributed by atoms with E-state index in [9.17, 15) is 9.59 Å². The van der Waals surface area contributed by atoms with Crippen LogP contribution in [0.3, 0.4) is 0 Å². The first-order valence-electron chi connectivity index (χ1n) is 8.33. The molecule has 5 nitrogen and oxygen atoms in total. The van der Waals surface area contributed by atoms with Crippen molar-refractivity contribution in [3.63, 3.8) is 0 Å². The Morgan fingerprint density at radius 2 is 1.92 bits per heavy atom.